The molecule has 0 spiro atoms. The Balaban J connectivity index is 2.19. The number of carbonyl (C=O) groups excluding carboxylic acids is 1. The Morgan fingerprint density at radius 2 is 1.89 bits per heavy atom. The Morgan fingerprint density at radius 1 is 1.21 bits per heavy atom. The molecular formula is C16H25N3O9. The second-order valence-corrected chi connectivity index (χ2v) is 6.18. The number of nitrogens with two attached hydrogens (primary N) is 1. The van der Waals surface area contributed by atoms with Gasteiger partial charge in [-0.3, -0.25) is 14.6 Å². The summed E-state index contributed by atoms with van der Waals surface area (Å²) < 4.78 is 15.9. The van der Waals surface area contributed by atoms with Crippen LogP contribution in [0.2, 0.25) is 0 Å². The first-order chi connectivity index (χ1) is 13.4. The van der Waals surface area contributed by atoms with E-state index in [9.17, 15) is 29.7 Å². The van der Waals surface area contributed by atoms with E-state index >= 15 is 0 Å². The Bertz CT molecular complexity index is 764. The SMILES string of the molecule is NCCOCCOCCC(=O)[C@@]1(c2c[nH]c(=O)[nH]c2=O)O[C@H](CO)[C@@H](O)[C@H]1O. The van der Waals surface area contributed by atoms with Crippen LogP contribution in [-0.4, -0.2) is 89.0 Å². The second-order valence-electron chi connectivity index (χ2n) is 6.18. The molecule has 2 heterocycles. The first-order valence-electron chi connectivity index (χ1n) is 8.74. The fourth-order valence-electron chi connectivity index (χ4n) is 3.01. The lowest BCUT2D eigenvalue weighted by molar-refractivity contribution is -0.157. The molecule has 0 radical (unpaired) electrons. The van der Waals surface area contributed by atoms with Crippen molar-refractivity contribution in [3.8, 4) is 0 Å². The lowest BCUT2D eigenvalue weighted by atomic mass is 9.83. The van der Waals surface area contributed by atoms with Crippen LogP contribution in [0.15, 0.2) is 15.8 Å². The Labute approximate surface area is 159 Å². The highest BCUT2D eigenvalue weighted by molar-refractivity contribution is 5.89. The van der Waals surface area contributed by atoms with Gasteiger partial charge in [0.25, 0.3) is 5.56 Å². The lowest BCUT2D eigenvalue weighted by Crippen LogP contribution is -2.51. The van der Waals surface area contributed by atoms with Gasteiger partial charge in [-0.2, -0.15) is 0 Å². The summed E-state index contributed by atoms with van der Waals surface area (Å²) in [6.45, 7) is 0.470. The summed E-state index contributed by atoms with van der Waals surface area (Å²) in [4.78, 5) is 40.6. The smallest absolute Gasteiger partial charge is 0.325 e. The van der Waals surface area contributed by atoms with Crippen LogP contribution in [-0.2, 0) is 24.6 Å². The third-order valence-corrected chi connectivity index (χ3v) is 4.38. The van der Waals surface area contributed by atoms with Gasteiger partial charge in [-0.1, -0.05) is 0 Å². The fourth-order valence-corrected chi connectivity index (χ4v) is 3.01. The van der Waals surface area contributed by atoms with Crippen LogP contribution >= 0.6 is 0 Å². The maximum atomic E-state index is 12.9. The number of hydrogen-bond acceptors (Lipinski definition) is 10. The molecule has 4 atom stereocenters. The van der Waals surface area contributed by atoms with Gasteiger partial charge in [-0.25, -0.2) is 4.79 Å². The average Bonchev–Trinajstić information content (AvgIpc) is 2.93. The third kappa shape index (κ3) is 4.55. The van der Waals surface area contributed by atoms with Crippen LogP contribution in [0.3, 0.4) is 0 Å². The summed E-state index contributed by atoms with van der Waals surface area (Å²) in [6.07, 6.45) is -4.08. The Morgan fingerprint density at radius 3 is 2.46 bits per heavy atom. The number of aliphatic hydroxyl groups is 3. The Kier molecular flexibility index (Phi) is 8.00. The first-order valence-corrected chi connectivity index (χ1v) is 8.74. The van der Waals surface area contributed by atoms with Crippen LogP contribution in [0.5, 0.6) is 0 Å². The van der Waals surface area contributed by atoms with Gasteiger partial charge in [-0.05, 0) is 0 Å². The molecule has 12 nitrogen and oxygen atoms in total. The van der Waals surface area contributed by atoms with Gasteiger partial charge >= 0.3 is 5.69 Å². The molecule has 1 aliphatic heterocycles. The van der Waals surface area contributed by atoms with Crippen molar-refractivity contribution < 1.29 is 34.3 Å². The number of Topliss-reactive ketones (excluding diaryl/α,β-unsaturated/α-hetero) is 1. The minimum Gasteiger partial charge on any atom is -0.394 e. The summed E-state index contributed by atoms with van der Waals surface area (Å²) >= 11 is 0. The van der Waals surface area contributed by atoms with Crippen molar-refractivity contribution in [1.82, 2.24) is 9.97 Å². The maximum Gasteiger partial charge on any atom is 0.325 e. The minimum atomic E-state index is -2.26. The van der Waals surface area contributed by atoms with E-state index in [0.717, 1.165) is 6.20 Å². The molecule has 28 heavy (non-hydrogen) atoms. The molecule has 7 N–H and O–H groups in total. The predicted molar refractivity (Wildman–Crippen MR) is 93.7 cm³/mol. The number of rotatable bonds is 11. The highest BCUT2D eigenvalue weighted by Crippen LogP contribution is 2.39. The number of aliphatic hydroxyl groups excluding tert-OH is 3. The van der Waals surface area contributed by atoms with Gasteiger partial charge in [0.1, 0.15) is 18.3 Å². The molecule has 12 heteroatoms. The normalized spacial score (nSPS) is 27.2. The molecule has 158 valence electrons. The van der Waals surface area contributed by atoms with Crippen molar-refractivity contribution in [1.29, 1.82) is 0 Å². The van der Waals surface area contributed by atoms with E-state index in [0.29, 0.717) is 13.2 Å². The van der Waals surface area contributed by atoms with Crippen LogP contribution in [0.1, 0.15) is 12.0 Å². The molecule has 2 rings (SSSR count). The third-order valence-electron chi connectivity index (χ3n) is 4.38. The number of ether oxygens (including phenoxy) is 3. The summed E-state index contributed by atoms with van der Waals surface area (Å²) in [5.41, 5.74) is 0.861. The molecule has 1 fully saturated rings. The molecule has 0 aromatic carbocycles. The number of aromatic amines is 2. The van der Waals surface area contributed by atoms with Crippen LogP contribution in [0, 0.1) is 0 Å². The molecular weight excluding hydrogens is 378 g/mol. The molecule has 1 aliphatic rings. The standard InChI is InChI=1S/C16H25N3O9/c17-2-4-27-6-5-26-3-1-11(21)16(9-7-18-15(25)19-14(9)24)13(23)12(22)10(8-20)28-16/h7,10,12-13,20,22-23H,1-6,8,17H2,(H2,18,19,24,25)/t10-,12-,13-,16-/m1/s1. The number of H-pyrrole nitrogens is 2. The quantitative estimate of drug-likeness (QED) is 0.200. The number of hydrogen-bond donors (Lipinski definition) is 6. The predicted octanol–water partition coefficient (Wildman–Crippen LogP) is -3.68. The van der Waals surface area contributed by atoms with Gasteiger partial charge in [-0.15, -0.1) is 0 Å². The molecule has 0 bridgehead atoms. The maximum absolute atomic E-state index is 12.9. The second kappa shape index (κ2) is 10.0. The van der Waals surface area contributed by atoms with E-state index in [-0.39, 0.29) is 31.8 Å². The van der Waals surface area contributed by atoms with Crippen molar-refractivity contribution in [2.75, 3.05) is 39.6 Å². The van der Waals surface area contributed by atoms with Gasteiger partial charge in [0.05, 0.1) is 38.6 Å². The summed E-state index contributed by atoms with van der Waals surface area (Å²) in [5.74, 6) is -0.754. The van der Waals surface area contributed by atoms with Gasteiger partial charge in [0.15, 0.2) is 11.4 Å². The first kappa shape index (κ1) is 22.4. The molecule has 0 unspecified atom stereocenters. The van der Waals surface area contributed by atoms with Crippen LogP contribution < -0.4 is 17.0 Å². The number of ketones is 1. The topological polar surface area (TPSA) is 197 Å². The average molecular weight is 403 g/mol. The molecule has 1 aromatic heterocycles. The highest BCUT2D eigenvalue weighted by Gasteiger charge is 2.60. The zero-order valence-electron chi connectivity index (χ0n) is 15.1. The molecule has 1 aromatic rings. The van der Waals surface area contributed by atoms with Crippen molar-refractivity contribution in [3.05, 3.63) is 32.6 Å². The van der Waals surface area contributed by atoms with Gasteiger partial charge in [0.2, 0.25) is 0 Å². The molecule has 0 aliphatic carbocycles. The van der Waals surface area contributed by atoms with E-state index in [4.69, 9.17) is 19.9 Å². The summed E-state index contributed by atoms with van der Waals surface area (Å²) in [6, 6.07) is 0. The minimum absolute atomic E-state index is 0.0657. The lowest BCUT2D eigenvalue weighted by Gasteiger charge is -2.30. The van der Waals surface area contributed by atoms with Gasteiger partial charge in [0, 0.05) is 19.2 Å². The largest absolute Gasteiger partial charge is 0.394 e. The highest BCUT2D eigenvalue weighted by atomic mass is 16.6. The number of carbonyl (C=O) groups is 1. The van der Waals surface area contributed by atoms with E-state index in [1.165, 1.54) is 0 Å². The van der Waals surface area contributed by atoms with Crippen molar-refractivity contribution in [3.63, 3.8) is 0 Å². The zero-order valence-corrected chi connectivity index (χ0v) is 15.1. The van der Waals surface area contributed by atoms with E-state index in [1.807, 2.05) is 4.98 Å². The molecule has 0 saturated carbocycles. The number of nitrogens with one attached hydrogen (secondary N) is 2. The van der Waals surface area contributed by atoms with Crippen LogP contribution in [0.4, 0.5) is 0 Å². The summed E-state index contributed by atoms with van der Waals surface area (Å²) in [5, 5.41) is 30.0. The van der Waals surface area contributed by atoms with Gasteiger partial charge < -0.3 is 40.2 Å². The molecule has 0 amide bonds. The van der Waals surface area contributed by atoms with E-state index < -0.39 is 47.6 Å². The number of aromatic nitrogens is 2. The van der Waals surface area contributed by atoms with Crippen molar-refractivity contribution >= 4 is 5.78 Å². The Hall–Kier alpha value is -1.93. The van der Waals surface area contributed by atoms with Crippen molar-refractivity contribution in [2.24, 2.45) is 5.73 Å². The van der Waals surface area contributed by atoms with E-state index in [2.05, 4.69) is 4.98 Å². The fraction of sp³-hybridized carbons (Fsp3) is 0.688. The van der Waals surface area contributed by atoms with Crippen LogP contribution in [0.25, 0.3) is 0 Å². The molecule has 1 saturated heterocycles. The van der Waals surface area contributed by atoms with Crippen molar-refractivity contribution in [2.45, 2.75) is 30.3 Å². The zero-order chi connectivity index (χ0) is 20.7. The monoisotopic (exact) mass is 403 g/mol. The van der Waals surface area contributed by atoms with E-state index in [1.54, 1.807) is 0 Å². The summed E-state index contributed by atoms with van der Waals surface area (Å²) in [7, 11) is 0.